The van der Waals surface area contributed by atoms with Crippen LogP contribution < -0.4 is 0 Å². The molecule has 0 unspecified atom stereocenters. The fourth-order valence-corrected chi connectivity index (χ4v) is 3.08. The van der Waals surface area contributed by atoms with E-state index in [9.17, 15) is 4.79 Å². The van der Waals surface area contributed by atoms with E-state index in [1.54, 1.807) is 0 Å². The van der Waals surface area contributed by atoms with Crippen molar-refractivity contribution < 1.29 is 9.32 Å². The average molecular weight is 377 g/mol. The molecule has 0 spiro atoms. The lowest BCUT2D eigenvalue weighted by Gasteiger charge is -2.24. The molecule has 0 aliphatic heterocycles. The lowest BCUT2D eigenvalue weighted by Crippen LogP contribution is -2.36. The topological polar surface area (TPSA) is 59.2 Å². The Balaban J connectivity index is 1.70. The van der Waals surface area contributed by atoms with Gasteiger partial charge in [0.1, 0.15) is 0 Å². The quantitative estimate of drug-likeness (QED) is 0.599. The fourth-order valence-electron chi connectivity index (χ4n) is 3.08. The molecular formula is C23H27N3O2. The van der Waals surface area contributed by atoms with Gasteiger partial charge in [0.2, 0.25) is 11.7 Å². The van der Waals surface area contributed by atoms with Crippen molar-refractivity contribution in [3.8, 4) is 11.4 Å². The van der Waals surface area contributed by atoms with Crippen LogP contribution in [0, 0.1) is 19.8 Å². The monoisotopic (exact) mass is 377 g/mol. The third-order valence-corrected chi connectivity index (χ3v) is 4.51. The molecular weight excluding hydrogens is 350 g/mol. The second-order valence-corrected chi connectivity index (χ2v) is 7.64. The number of hydrogen-bond acceptors (Lipinski definition) is 4. The van der Waals surface area contributed by atoms with Crippen LogP contribution in [0.15, 0.2) is 53.1 Å². The highest BCUT2D eigenvalue weighted by atomic mass is 16.5. The first-order valence-electron chi connectivity index (χ1n) is 9.68. The molecule has 5 nitrogen and oxygen atoms in total. The van der Waals surface area contributed by atoms with Gasteiger partial charge in [0.15, 0.2) is 0 Å². The number of hydrogen-bond donors (Lipinski definition) is 0. The van der Waals surface area contributed by atoms with Gasteiger partial charge < -0.3 is 9.42 Å². The number of rotatable bonds is 7. The van der Waals surface area contributed by atoms with E-state index < -0.39 is 0 Å². The molecule has 1 heterocycles. The summed E-state index contributed by atoms with van der Waals surface area (Å²) >= 11 is 0. The van der Waals surface area contributed by atoms with Crippen molar-refractivity contribution in [2.75, 3.05) is 13.1 Å². The molecule has 0 radical (unpaired) electrons. The lowest BCUT2D eigenvalue weighted by atomic mass is 10.1. The summed E-state index contributed by atoms with van der Waals surface area (Å²) in [5, 5.41) is 4.09. The van der Waals surface area contributed by atoms with E-state index in [2.05, 4.69) is 24.0 Å². The Kier molecular flexibility index (Phi) is 6.24. The smallest absolute Gasteiger partial charge is 0.253 e. The Bertz CT molecular complexity index is 929. The molecule has 2 aromatic carbocycles. The van der Waals surface area contributed by atoms with E-state index >= 15 is 0 Å². The lowest BCUT2D eigenvalue weighted by molar-refractivity contribution is 0.0734. The van der Waals surface area contributed by atoms with Gasteiger partial charge in [0.25, 0.3) is 5.91 Å². The summed E-state index contributed by atoms with van der Waals surface area (Å²) in [4.78, 5) is 19.3. The maximum absolute atomic E-state index is 12.9. The highest BCUT2D eigenvalue weighted by Crippen LogP contribution is 2.17. The minimum atomic E-state index is 0.0344. The summed E-state index contributed by atoms with van der Waals surface area (Å²) in [5.41, 5.74) is 3.93. The highest BCUT2D eigenvalue weighted by molar-refractivity contribution is 5.94. The van der Waals surface area contributed by atoms with Crippen LogP contribution in [0.25, 0.3) is 11.4 Å². The summed E-state index contributed by atoms with van der Waals surface area (Å²) in [6, 6.07) is 15.7. The molecule has 3 rings (SSSR count). The molecule has 5 heteroatoms. The summed E-state index contributed by atoms with van der Waals surface area (Å²) in [7, 11) is 0. The number of aryl methyl sites for hydroxylation is 2. The van der Waals surface area contributed by atoms with Crippen LogP contribution in [-0.2, 0) is 6.42 Å². The van der Waals surface area contributed by atoms with E-state index in [0.29, 0.717) is 42.7 Å². The summed E-state index contributed by atoms with van der Waals surface area (Å²) in [5.74, 6) is 1.54. The molecule has 0 bridgehead atoms. The third-order valence-electron chi connectivity index (χ3n) is 4.51. The third kappa shape index (κ3) is 5.06. The van der Waals surface area contributed by atoms with Crippen LogP contribution in [0.3, 0.4) is 0 Å². The van der Waals surface area contributed by atoms with Gasteiger partial charge in [-0.25, -0.2) is 0 Å². The summed E-state index contributed by atoms with van der Waals surface area (Å²) in [6.07, 6.45) is 0.531. The molecule has 3 aromatic rings. The van der Waals surface area contributed by atoms with Crippen LogP contribution in [0.4, 0.5) is 0 Å². The van der Waals surface area contributed by atoms with Gasteiger partial charge in [-0.15, -0.1) is 0 Å². The van der Waals surface area contributed by atoms with Gasteiger partial charge in [-0.1, -0.05) is 60.5 Å². The van der Waals surface area contributed by atoms with Gasteiger partial charge >= 0.3 is 0 Å². The number of carbonyl (C=O) groups excluding carboxylic acids is 1. The van der Waals surface area contributed by atoms with Crippen LogP contribution in [-0.4, -0.2) is 34.0 Å². The van der Waals surface area contributed by atoms with Crippen molar-refractivity contribution >= 4 is 5.91 Å². The molecule has 0 atom stereocenters. The molecule has 0 N–H and O–H groups in total. The van der Waals surface area contributed by atoms with E-state index in [1.165, 1.54) is 0 Å². The van der Waals surface area contributed by atoms with Crippen LogP contribution in [0.2, 0.25) is 0 Å². The molecule has 0 saturated heterocycles. The van der Waals surface area contributed by atoms with Crippen molar-refractivity contribution in [3.63, 3.8) is 0 Å². The molecule has 0 saturated carbocycles. The van der Waals surface area contributed by atoms with Crippen LogP contribution >= 0.6 is 0 Å². The minimum absolute atomic E-state index is 0.0344. The predicted molar refractivity (Wildman–Crippen MR) is 110 cm³/mol. The Morgan fingerprint density at radius 2 is 1.82 bits per heavy atom. The zero-order valence-electron chi connectivity index (χ0n) is 17.0. The normalized spacial score (nSPS) is 11.0. The van der Waals surface area contributed by atoms with Crippen molar-refractivity contribution in [2.45, 2.75) is 34.1 Å². The molecule has 0 fully saturated rings. The summed E-state index contributed by atoms with van der Waals surface area (Å²) < 4.78 is 5.42. The van der Waals surface area contributed by atoms with Gasteiger partial charge in [-0.2, -0.15) is 4.98 Å². The summed E-state index contributed by atoms with van der Waals surface area (Å²) in [6.45, 7) is 9.49. The first-order valence-corrected chi connectivity index (χ1v) is 9.68. The molecule has 146 valence electrons. The standard InChI is InChI=1S/C23H27N3O2/c1-16(2)15-26(23(27)19-10-8-17(3)9-11-19)13-12-21-24-22(25-28-21)20-7-5-6-18(4)14-20/h5-11,14,16H,12-13,15H2,1-4H3. The largest absolute Gasteiger partial charge is 0.339 e. The first-order chi connectivity index (χ1) is 13.4. The van der Waals surface area contributed by atoms with Crippen molar-refractivity contribution in [1.82, 2.24) is 15.0 Å². The SMILES string of the molecule is Cc1ccc(C(=O)N(CCc2nc(-c3cccc(C)c3)no2)CC(C)C)cc1. The van der Waals surface area contributed by atoms with Gasteiger partial charge in [-0.05, 0) is 38.0 Å². The molecule has 1 aromatic heterocycles. The number of amides is 1. The maximum atomic E-state index is 12.9. The Morgan fingerprint density at radius 3 is 2.50 bits per heavy atom. The second-order valence-electron chi connectivity index (χ2n) is 7.64. The predicted octanol–water partition coefficient (Wildman–Crippen LogP) is 4.69. The van der Waals surface area contributed by atoms with Crippen LogP contribution in [0.1, 0.15) is 41.2 Å². The Hall–Kier alpha value is -2.95. The maximum Gasteiger partial charge on any atom is 0.253 e. The first kappa shape index (κ1) is 19.8. The van der Waals surface area contributed by atoms with Crippen molar-refractivity contribution in [2.24, 2.45) is 5.92 Å². The molecule has 1 amide bonds. The van der Waals surface area contributed by atoms with Crippen LogP contribution in [0.5, 0.6) is 0 Å². The number of benzene rings is 2. The van der Waals surface area contributed by atoms with Gasteiger partial charge in [0, 0.05) is 30.6 Å². The zero-order chi connectivity index (χ0) is 20.1. The number of carbonyl (C=O) groups is 1. The zero-order valence-corrected chi connectivity index (χ0v) is 17.0. The fraction of sp³-hybridized carbons (Fsp3) is 0.348. The van der Waals surface area contributed by atoms with E-state index in [4.69, 9.17) is 4.52 Å². The van der Waals surface area contributed by atoms with Gasteiger partial charge in [-0.3, -0.25) is 4.79 Å². The van der Waals surface area contributed by atoms with E-state index in [1.807, 2.05) is 67.3 Å². The van der Waals surface area contributed by atoms with E-state index in [-0.39, 0.29) is 5.91 Å². The number of nitrogens with zero attached hydrogens (tertiary/aromatic N) is 3. The molecule has 0 aliphatic rings. The Labute approximate surface area is 166 Å². The highest BCUT2D eigenvalue weighted by Gasteiger charge is 2.18. The second kappa shape index (κ2) is 8.83. The average Bonchev–Trinajstić information content (AvgIpc) is 3.14. The number of aromatic nitrogens is 2. The Morgan fingerprint density at radius 1 is 1.07 bits per heavy atom. The van der Waals surface area contributed by atoms with E-state index in [0.717, 1.165) is 16.7 Å². The molecule has 0 aliphatic carbocycles. The van der Waals surface area contributed by atoms with Gasteiger partial charge in [0.05, 0.1) is 0 Å². The molecule has 28 heavy (non-hydrogen) atoms. The minimum Gasteiger partial charge on any atom is -0.339 e. The van der Waals surface area contributed by atoms with Crippen molar-refractivity contribution in [1.29, 1.82) is 0 Å². The van der Waals surface area contributed by atoms with Crippen molar-refractivity contribution in [3.05, 3.63) is 71.1 Å².